The van der Waals surface area contributed by atoms with Crippen LogP contribution < -0.4 is 14.9 Å². The van der Waals surface area contributed by atoms with Gasteiger partial charge in [0, 0.05) is 5.56 Å². The average molecular weight is 406 g/mol. The molecule has 0 atom stereocenters. The molecule has 1 aliphatic rings. The zero-order valence-corrected chi connectivity index (χ0v) is 17.0. The third-order valence-corrected chi connectivity index (χ3v) is 5.13. The Hall–Kier alpha value is -3.67. The quantitative estimate of drug-likeness (QED) is 0.606. The molecule has 0 saturated carbocycles. The molecular weight excluding hydrogens is 384 g/mol. The van der Waals surface area contributed by atoms with Gasteiger partial charge in [0.2, 0.25) is 5.43 Å². The Kier molecular flexibility index (Phi) is 4.57. The highest BCUT2D eigenvalue weighted by Gasteiger charge is 2.30. The summed E-state index contributed by atoms with van der Waals surface area (Å²) in [6.07, 6.45) is 7.03. The Morgan fingerprint density at radius 1 is 1.27 bits per heavy atom. The fraction of sp³-hybridized carbons (Fsp3) is 0.208. The van der Waals surface area contributed by atoms with Crippen molar-refractivity contribution >= 4 is 17.0 Å². The second-order valence-electron chi connectivity index (χ2n) is 7.67. The molecule has 2 N–H and O–H groups in total. The number of hydrogen-bond donors (Lipinski definition) is 2. The number of benzene rings is 2. The van der Waals surface area contributed by atoms with Crippen LogP contribution in [0, 0.1) is 0 Å². The monoisotopic (exact) mass is 406 g/mol. The van der Waals surface area contributed by atoms with Crippen molar-refractivity contribution in [2.24, 2.45) is 0 Å². The normalized spacial score (nSPS) is 14.2. The van der Waals surface area contributed by atoms with Crippen LogP contribution >= 0.6 is 0 Å². The number of methoxy groups -OCH3 is 1. The molecule has 0 unspecified atom stereocenters. The first-order valence-corrected chi connectivity index (χ1v) is 9.47. The lowest BCUT2D eigenvalue weighted by Gasteiger charge is -2.30. The van der Waals surface area contributed by atoms with Gasteiger partial charge in [-0.15, -0.1) is 6.58 Å². The van der Waals surface area contributed by atoms with Crippen LogP contribution in [-0.2, 0) is 6.42 Å². The van der Waals surface area contributed by atoms with Gasteiger partial charge in [-0.3, -0.25) is 4.79 Å². The molecule has 2 aromatic carbocycles. The van der Waals surface area contributed by atoms with Gasteiger partial charge in [0.05, 0.1) is 18.2 Å². The lowest BCUT2D eigenvalue weighted by atomic mass is 9.94. The molecule has 0 amide bonds. The van der Waals surface area contributed by atoms with Crippen molar-refractivity contribution in [2.75, 3.05) is 7.11 Å². The Bertz CT molecular complexity index is 1260. The molecule has 1 aromatic heterocycles. The van der Waals surface area contributed by atoms with E-state index in [9.17, 15) is 15.0 Å². The fourth-order valence-corrected chi connectivity index (χ4v) is 3.64. The maximum atomic E-state index is 13.4. The minimum Gasteiger partial charge on any atom is -0.506 e. The summed E-state index contributed by atoms with van der Waals surface area (Å²) in [5.74, 6) is 0.476. The van der Waals surface area contributed by atoms with Gasteiger partial charge in [0.25, 0.3) is 0 Å². The molecule has 0 aliphatic carbocycles. The number of aromatic hydroxyl groups is 2. The van der Waals surface area contributed by atoms with Crippen molar-refractivity contribution in [2.45, 2.75) is 25.9 Å². The minimum absolute atomic E-state index is 0.0403. The highest BCUT2D eigenvalue weighted by molar-refractivity contribution is 5.95. The van der Waals surface area contributed by atoms with Gasteiger partial charge in [0.1, 0.15) is 34.3 Å². The molecule has 0 fully saturated rings. The van der Waals surface area contributed by atoms with E-state index in [0.29, 0.717) is 28.9 Å². The predicted octanol–water partition coefficient (Wildman–Crippen LogP) is 4.79. The van der Waals surface area contributed by atoms with Crippen molar-refractivity contribution in [1.29, 1.82) is 0 Å². The van der Waals surface area contributed by atoms with E-state index in [2.05, 4.69) is 6.58 Å². The fourth-order valence-electron chi connectivity index (χ4n) is 3.64. The van der Waals surface area contributed by atoms with Crippen LogP contribution in [0.4, 0.5) is 0 Å². The van der Waals surface area contributed by atoms with Crippen molar-refractivity contribution in [3.63, 3.8) is 0 Å². The SMILES string of the molecule is C=CCc1c2c(c(O)c3c(=O)c(-c4ccc(O)c(OC)c4)coc13)C=CC(C)(C)O2. The Balaban J connectivity index is 2.05. The van der Waals surface area contributed by atoms with E-state index in [-0.39, 0.29) is 33.8 Å². The van der Waals surface area contributed by atoms with E-state index in [1.54, 1.807) is 24.3 Å². The summed E-state index contributed by atoms with van der Waals surface area (Å²) in [5.41, 5.74) is 1.12. The molecule has 3 aromatic rings. The maximum Gasteiger partial charge on any atom is 0.204 e. The second kappa shape index (κ2) is 6.99. The Morgan fingerprint density at radius 2 is 2.03 bits per heavy atom. The first-order chi connectivity index (χ1) is 14.3. The standard InChI is InChI=1S/C24H22O6/c1-5-6-15-22-14(9-10-24(2,3)30-22)20(26)19-21(27)16(12-29-23(15)19)13-7-8-17(25)18(11-13)28-4/h5,7-12,25-26H,1,6H2,2-4H3. The molecule has 30 heavy (non-hydrogen) atoms. The number of phenols is 2. The third kappa shape index (κ3) is 3.01. The number of allylic oxidation sites excluding steroid dienone is 1. The molecule has 4 rings (SSSR count). The van der Waals surface area contributed by atoms with Gasteiger partial charge in [-0.1, -0.05) is 12.1 Å². The van der Waals surface area contributed by atoms with Gasteiger partial charge < -0.3 is 24.1 Å². The molecule has 1 aliphatic heterocycles. The zero-order valence-electron chi connectivity index (χ0n) is 17.0. The number of rotatable bonds is 4. The molecule has 2 heterocycles. The summed E-state index contributed by atoms with van der Waals surface area (Å²) < 4.78 is 17.1. The lowest BCUT2D eigenvalue weighted by molar-refractivity contribution is 0.157. The van der Waals surface area contributed by atoms with E-state index in [0.717, 1.165) is 0 Å². The summed E-state index contributed by atoms with van der Waals surface area (Å²) >= 11 is 0. The summed E-state index contributed by atoms with van der Waals surface area (Å²) in [4.78, 5) is 13.4. The van der Waals surface area contributed by atoms with Crippen molar-refractivity contribution in [1.82, 2.24) is 0 Å². The average Bonchev–Trinajstić information content (AvgIpc) is 2.71. The van der Waals surface area contributed by atoms with E-state index in [1.165, 1.54) is 19.4 Å². The number of ether oxygens (including phenoxy) is 2. The highest BCUT2D eigenvalue weighted by atomic mass is 16.5. The van der Waals surface area contributed by atoms with Crippen molar-refractivity contribution in [3.8, 4) is 34.1 Å². The van der Waals surface area contributed by atoms with E-state index in [1.807, 2.05) is 19.9 Å². The minimum atomic E-state index is -0.564. The maximum absolute atomic E-state index is 13.4. The molecule has 154 valence electrons. The van der Waals surface area contributed by atoms with E-state index >= 15 is 0 Å². The predicted molar refractivity (Wildman–Crippen MR) is 115 cm³/mol. The van der Waals surface area contributed by atoms with E-state index in [4.69, 9.17) is 13.9 Å². The van der Waals surface area contributed by atoms with Crippen molar-refractivity contribution in [3.05, 3.63) is 64.5 Å². The molecule has 6 nitrogen and oxygen atoms in total. The van der Waals surface area contributed by atoms with Crippen LogP contribution in [0.5, 0.6) is 23.0 Å². The van der Waals surface area contributed by atoms with Gasteiger partial charge >= 0.3 is 0 Å². The third-order valence-electron chi connectivity index (χ3n) is 5.13. The molecule has 6 heteroatoms. The van der Waals surface area contributed by atoms with Gasteiger partial charge in [-0.2, -0.15) is 0 Å². The molecule has 0 saturated heterocycles. The Labute approximate surface area is 173 Å². The number of fused-ring (bicyclic) bond motifs is 2. The van der Waals surface area contributed by atoms with Gasteiger partial charge in [0.15, 0.2) is 11.5 Å². The van der Waals surface area contributed by atoms with Gasteiger partial charge in [-0.25, -0.2) is 0 Å². The highest BCUT2D eigenvalue weighted by Crippen LogP contribution is 2.45. The van der Waals surface area contributed by atoms with Crippen LogP contribution in [0.2, 0.25) is 0 Å². The molecule has 0 spiro atoms. The van der Waals surface area contributed by atoms with Crippen LogP contribution in [0.1, 0.15) is 25.0 Å². The summed E-state index contributed by atoms with van der Waals surface area (Å²) in [7, 11) is 1.43. The van der Waals surface area contributed by atoms with Crippen LogP contribution in [0.3, 0.4) is 0 Å². The van der Waals surface area contributed by atoms with Gasteiger partial charge in [-0.05, 0) is 50.1 Å². The van der Waals surface area contributed by atoms with Crippen LogP contribution in [0.15, 0.2) is 52.4 Å². The first-order valence-electron chi connectivity index (χ1n) is 9.47. The summed E-state index contributed by atoms with van der Waals surface area (Å²) in [6.45, 7) is 7.60. The molecular formula is C24H22O6. The van der Waals surface area contributed by atoms with Crippen LogP contribution in [-0.4, -0.2) is 22.9 Å². The first kappa shape index (κ1) is 19.6. The second-order valence-corrected chi connectivity index (χ2v) is 7.67. The lowest BCUT2D eigenvalue weighted by Crippen LogP contribution is -2.28. The topological polar surface area (TPSA) is 89.1 Å². The number of phenolic OH excluding ortho intramolecular Hbond substituents is 2. The summed E-state index contributed by atoms with van der Waals surface area (Å²) in [6, 6.07) is 4.56. The largest absolute Gasteiger partial charge is 0.506 e. The molecule has 0 bridgehead atoms. The smallest absolute Gasteiger partial charge is 0.204 e. The molecule has 0 radical (unpaired) electrons. The zero-order chi connectivity index (χ0) is 21.6. The number of hydrogen-bond acceptors (Lipinski definition) is 6. The van der Waals surface area contributed by atoms with E-state index < -0.39 is 11.0 Å². The Morgan fingerprint density at radius 3 is 2.73 bits per heavy atom. The summed E-state index contributed by atoms with van der Waals surface area (Å²) in [5, 5.41) is 20.9. The van der Waals surface area contributed by atoms with Crippen molar-refractivity contribution < 1.29 is 24.1 Å². The van der Waals surface area contributed by atoms with Crippen LogP contribution in [0.25, 0.3) is 28.2 Å².